The van der Waals surface area contributed by atoms with Gasteiger partial charge in [0.2, 0.25) is 0 Å². The van der Waals surface area contributed by atoms with E-state index in [2.05, 4.69) is 15.6 Å². The fourth-order valence-corrected chi connectivity index (χ4v) is 5.33. The Hall–Kier alpha value is -4.34. The maximum absolute atomic E-state index is 12.9. The number of aromatic nitrogens is 2. The molecule has 0 spiro atoms. The van der Waals surface area contributed by atoms with Crippen molar-refractivity contribution in [1.82, 2.24) is 9.97 Å². The monoisotopic (exact) mass is 525 g/mol. The Kier molecular flexibility index (Phi) is 7.07. The van der Waals surface area contributed by atoms with Gasteiger partial charge in [-0.1, -0.05) is 18.2 Å². The van der Waals surface area contributed by atoms with Gasteiger partial charge in [-0.2, -0.15) is 0 Å². The molecule has 9 heteroatoms. The second-order valence-electron chi connectivity index (χ2n) is 8.35. The van der Waals surface area contributed by atoms with Crippen LogP contribution < -0.4 is 16.4 Å². The molecule has 7 nitrogen and oxygen atoms in total. The van der Waals surface area contributed by atoms with Gasteiger partial charge in [0.1, 0.15) is 0 Å². The summed E-state index contributed by atoms with van der Waals surface area (Å²) in [5, 5.41) is 8.75. The van der Waals surface area contributed by atoms with E-state index in [1.807, 2.05) is 42.6 Å². The molecule has 2 aromatic carbocycles. The predicted molar refractivity (Wildman–Crippen MR) is 150 cm³/mol. The van der Waals surface area contributed by atoms with Crippen molar-refractivity contribution in [1.29, 1.82) is 0 Å². The lowest BCUT2D eigenvalue weighted by Crippen LogP contribution is -2.12. The van der Waals surface area contributed by atoms with Gasteiger partial charge in [-0.15, -0.1) is 22.7 Å². The molecule has 4 N–H and O–H groups in total. The van der Waals surface area contributed by atoms with Gasteiger partial charge in [-0.25, -0.2) is 4.98 Å². The number of para-hydroxylation sites is 2. The zero-order valence-corrected chi connectivity index (χ0v) is 21.5. The van der Waals surface area contributed by atoms with Crippen molar-refractivity contribution in [3.63, 3.8) is 0 Å². The normalized spacial score (nSPS) is 10.7. The number of thiazole rings is 1. The second kappa shape index (κ2) is 10.7. The van der Waals surface area contributed by atoms with Crippen LogP contribution in [-0.4, -0.2) is 21.8 Å². The van der Waals surface area contributed by atoms with Crippen molar-refractivity contribution in [3.8, 4) is 11.3 Å². The van der Waals surface area contributed by atoms with Crippen molar-refractivity contribution in [3.05, 3.63) is 110 Å². The van der Waals surface area contributed by atoms with Crippen molar-refractivity contribution < 1.29 is 9.59 Å². The molecule has 184 valence electrons. The summed E-state index contributed by atoms with van der Waals surface area (Å²) in [4.78, 5) is 35.3. The molecular formula is C28H23N5O2S2. The number of nitrogens with zero attached hydrogens (tertiary/aromatic N) is 2. The molecule has 3 heterocycles. The molecule has 0 fully saturated rings. The lowest BCUT2D eigenvalue weighted by Gasteiger charge is -2.09. The summed E-state index contributed by atoms with van der Waals surface area (Å²) in [5.74, 6) is -0.583. The van der Waals surface area contributed by atoms with E-state index in [4.69, 9.17) is 10.7 Å². The average Bonchev–Trinajstić information content (AvgIpc) is 3.58. The second-order valence-corrected chi connectivity index (χ2v) is 10.4. The minimum Gasteiger partial charge on any atom is -0.397 e. The number of carbonyl (C=O) groups excluding carboxylic acids is 2. The van der Waals surface area contributed by atoms with E-state index in [1.165, 1.54) is 0 Å². The summed E-state index contributed by atoms with van der Waals surface area (Å²) in [6.07, 6.45) is 4.20. The number of nitrogens with one attached hydrogen (secondary N) is 2. The number of nitrogen functional groups attached to an aromatic ring is 1. The highest BCUT2D eigenvalue weighted by molar-refractivity contribution is 7.16. The third-order valence-electron chi connectivity index (χ3n) is 5.72. The van der Waals surface area contributed by atoms with Crippen molar-refractivity contribution >= 4 is 51.6 Å². The molecule has 0 radical (unpaired) electrons. The lowest BCUT2D eigenvalue weighted by atomic mass is 10.0. The molecule has 0 aliphatic heterocycles. The Morgan fingerprint density at radius 3 is 2.49 bits per heavy atom. The van der Waals surface area contributed by atoms with Crippen molar-refractivity contribution in [2.75, 3.05) is 16.4 Å². The van der Waals surface area contributed by atoms with Crippen LogP contribution in [0.25, 0.3) is 11.3 Å². The highest BCUT2D eigenvalue weighted by Crippen LogP contribution is 2.26. The molecule has 37 heavy (non-hydrogen) atoms. The summed E-state index contributed by atoms with van der Waals surface area (Å²) < 4.78 is 0. The highest BCUT2D eigenvalue weighted by atomic mass is 32.1. The molecule has 3 aromatic heterocycles. The smallest absolute Gasteiger partial charge is 0.265 e. The van der Waals surface area contributed by atoms with Crippen LogP contribution in [-0.2, 0) is 6.42 Å². The third-order valence-corrected chi connectivity index (χ3v) is 7.65. The minimum atomic E-state index is -0.311. The maximum Gasteiger partial charge on any atom is 0.265 e. The molecule has 5 rings (SSSR count). The van der Waals surface area contributed by atoms with Crippen LogP contribution in [0.2, 0.25) is 0 Å². The average molecular weight is 526 g/mol. The number of anilines is 3. The van der Waals surface area contributed by atoms with Gasteiger partial charge in [0.25, 0.3) is 11.8 Å². The van der Waals surface area contributed by atoms with Crippen LogP contribution in [0, 0.1) is 6.92 Å². The Morgan fingerprint density at radius 1 is 0.946 bits per heavy atom. The van der Waals surface area contributed by atoms with Crippen LogP contribution in [0.15, 0.2) is 84.5 Å². The predicted octanol–water partition coefficient (Wildman–Crippen LogP) is 6.25. The van der Waals surface area contributed by atoms with Gasteiger partial charge in [0.15, 0.2) is 0 Å². The first-order valence-electron chi connectivity index (χ1n) is 11.5. The summed E-state index contributed by atoms with van der Waals surface area (Å²) in [5.41, 5.74) is 11.7. The number of carbonyl (C=O) groups is 2. The van der Waals surface area contributed by atoms with Gasteiger partial charge in [0.05, 0.1) is 31.8 Å². The van der Waals surface area contributed by atoms with E-state index < -0.39 is 0 Å². The highest BCUT2D eigenvalue weighted by Gasteiger charge is 2.16. The number of pyridine rings is 1. The van der Waals surface area contributed by atoms with Gasteiger partial charge in [-0.05, 0) is 66.6 Å². The molecule has 0 bridgehead atoms. The number of thiophene rings is 1. The fraction of sp³-hybridized carbons (Fsp3) is 0.0714. The van der Waals surface area contributed by atoms with Crippen LogP contribution in [0.4, 0.5) is 17.1 Å². The van der Waals surface area contributed by atoms with E-state index in [9.17, 15) is 9.59 Å². The zero-order chi connectivity index (χ0) is 25.8. The van der Waals surface area contributed by atoms with Crippen LogP contribution in [0.5, 0.6) is 0 Å². The van der Waals surface area contributed by atoms with E-state index in [1.54, 1.807) is 60.1 Å². The molecular weight excluding hydrogens is 502 g/mol. The lowest BCUT2D eigenvalue weighted by molar-refractivity contribution is 0.102. The summed E-state index contributed by atoms with van der Waals surface area (Å²) >= 11 is 2.73. The number of rotatable bonds is 7. The molecule has 0 aliphatic rings. The van der Waals surface area contributed by atoms with Gasteiger partial charge in [0, 0.05) is 35.4 Å². The molecule has 0 atom stereocenters. The van der Waals surface area contributed by atoms with Gasteiger partial charge in [-0.3, -0.25) is 14.6 Å². The van der Waals surface area contributed by atoms with Crippen LogP contribution in [0.1, 0.15) is 35.5 Å². The molecule has 0 unspecified atom stereocenters. The Balaban J connectivity index is 1.26. The number of hydrogen-bond acceptors (Lipinski definition) is 7. The largest absolute Gasteiger partial charge is 0.397 e. The zero-order valence-electron chi connectivity index (χ0n) is 19.9. The Labute approximate surface area is 222 Å². The fourth-order valence-electron chi connectivity index (χ4n) is 3.71. The van der Waals surface area contributed by atoms with Gasteiger partial charge < -0.3 is 16.4 Å². The standard InChI is InChI=1S/C28H23N5O2S2/c1-17-8-9-20(13-19(17)14-26-32-23(16-36-26)18-5-4-12-30-15-18)31-27(34)24-10-11-25(37-24)28(35)33-22-7-3-2-6-21(22)29/h2-13,15-16H,14,29H2,1H3,(H,31,34)(H,33,35). The Morgan fingerprint density at radius 2 is 1.73 bits per heavy atom. The van der Waals surface area contributed by atoms with Crippen molar-refractivity contribution in [2.45, 2.75) is 13.3 Å². The molecule has 5 aromatic rings. The molecule has 0 saturated heterocycles. The minimum absolute atomic E-state index is 0.272. The number of hydrogen-bond donors (Lipinski definition) is 3. The first kappa shape index (κ1) is 24.4. The molecule has 2 amide bonds. The number of amides is 2. The SMILES string of the molecule is Cc1ccc(NC(=O)c2ccc(C(=O)Nc3ccccc3N)s2)cc1Cc1nc(-c2cccnc2)cs1. The van der Waals surface area contributed by atoms with Crippen LogP contribution >= 0.6 is 22.7 Å². The number of benzene rings is 2. The quantitative estimate of drug-likeness (QED) is 0.218. The third kappa shape index (κ3) is 5.74. The van der Waals surface area contributed by atoms with E-state index >= 15 is 0 Å². The topological polar surface area (TPSA) is 110 Å². The maximum atomic E-state index is 12.9. The molecule has 0 saturated carbocycles. The first-order valence-corrected chi connectivity index (χ1v) is 13.2. The first-order chi connectivity index (χ1) is 18.0. The van der Waals surface area contributed by atoms with E-state index in [0.29, 0.717) is 33.2 Å². The number of aryl methyl sites for hydroxylation is 1. The van der Waals surface area contributed by atoms with Crippen LogP contribution in [0.3, 0.4) is 0 Å². The van der Waals surface area contributed by atoms with Gasteiger partial charge >= 0.3 is 0 Å². The summed E-state index contributed by atoms with van der Waals surface area (Å²) in [6.45, 7) is 2.04. The van der Waals surface area contributed by atoms with E-state index in [-0.39, 0.29) is 11.8 Å². The number of nitrogens with two attached hydrogens (primary N) is 1. The molecule has 0 aliphatic carbocycles. The summed E-state index contributed by atoms with van der Waals surface area (Å²) in [7, 11) is 0. The van der Waals surface area contributed by atoms with Crippen molar-refractivity contribution in [2.24, 2.45) is 0 Å². The Bertz CT molecular complexity index is 1580. The summed E-state index contributed by atoms with van der Waals surface area (Å²) in [6, 6.07) is 20.0. The van der Waals surface area contributed by atoms with E-state index in [0.717, 1.165) is 38.7 Å².